The van der Waals surface area contributed by atoms with Gasteiger partial charge in [-0.2, -0.15) is 13.2 Å². The van der Waals surface area contributed by atoms with Gasteiger partial charge in [0.2, 0.25) is 0 Å². The monoisotopic (exact) mass is 304 g/mol. The van der Waals surface area contributed by atoms with E-state index < -0.39 is 17.8 Å². The van der Waals surface area contributed by atoms with Gasteiger partial charge in [0.25, 0.3) is 0 Å². The molecule has 0 spiro atoms. The number of carbonyl (C=O) groups is 1. The first-order chi connectivity index (χ1) is 10.4. The molecule has 0 aromatic heterocycles. The van der Waals surface area contributed by atoms with Crippen molar-refractivity contribution in [1.82, 2.24) is 0 Å². The molecular formula is C16H11F3N2O. The number of anilines is 2. The van der Waals surface area contributed by atoms with Crippen LogP contribution >= 0.6 is 0 Å². The van der Waals surface area contributed by atoms with Crippen LogP contribution in [0.2, 0.25) is 0 Å². The highest BCUT2D eigenvalue weighted by Crippen LogP contribution is 2.30. The lowest BCUT2D eigenvalue weighted by atomic mass is 10.2. The van der Waals surface area contributed by atoms with Gasteiger partial charge in [-0.3, -0.25) is 0 Å². The highest BCUT2D eigenvalue weighted by atomic mass is 19.4. The number of benzene rings is 2. The van der Waals surface area contributed by atoms with Crippen molar-refractivity contribution in [3.63, 3.8) is 0 Å². The minimum Gasteiger partial charge on any atom is -0.308 e. The van der Waals surface area contributed by atoms with E-state index >= 15 is 0 Å². The van der Waals surface area contributed by atoms with Crippen LogP contribution in [0.3, 0.4) is 0 Å². The molecule has 6 heteroatoms. The Balaban J connectivity index is 2.04. The number of urea groups is 1. The first-order valence-corrected chi connectivity index (χ1v) is 6.20. The molecule has 0 aliphatic carbocycles. The van der Waals surface area contributed by atoms with Crippen LogP contribution in [0, 0.1) is 12.3 Å². The number of amides is 2. The Hall–Kier alpha value is -2.94. The van der Waals surface area contributed by atoms with E-state index in [0.29, 0.717) is 11.3 Å². The number of terminal acetylenes is 1. The van der Waals surface area contributed by atoms with Gasteiger partial charge in [-0.1, -0.05) is 12.0 Å². The molecule has 0 atom stereocenters. The van der Waals surface area contributed by atoms with Crippen molar-refractivity contribution in [3.05, 3.63) is 59.7 Å². The summed E-state index contributed by atoms with van der Waals surface area (Å²) in [4.78, 5) is 11.8. The second kappa shape index (κ2) is 6.22. The molecule has 0 fully saturated rings. The fourth-order valence-corrected chi connectivity index (χ4v) is 1.72. The molecular weight excluding hydrogens is 293 g/mol. The molecule has 2 aromatic carbocycles. The predicted octanol–water partition coefficient (Wildman–Crippen LogP) is 4.33. The van der Waals surface area contributed by atoms with Gasteiger partial charge < -0.3 is 10.6 Å². The molecule has 3 nitrogen and oxygen atoms in total. The Kier molecular flexibility index (Phi) is 4.37. The lowest BCUT2D eigenvalue weighted by Crippen LogP contribution is -2.19. The molecule has 0 bridgehead atoms. The van der Waals surface area contributed by atoms with E-state index in [1.807, 2.05) is 0 Å². The zero-order chi connectivity index (χ0) is 16.2. The number of rotatable bonds is 2. The van der Waals surface area contributed by atoms with Crippen molar-refractivity contribution in [3.8, 4) is 12.3 Å². The van der Waals surface area contributed by atoms with Gasteiger partial charge in [0.1, 0.15) is 0 Å². The van der Waals surface area contributed by atoms with Gasteiger partial charge in [-0.25, -0.2) is 4.79 Å². The van der Waals surface area contributed by atoms with E-state index in [1.54, 1.807) is 24.3 Å². The predicted molar refractivity (Wildman–Crippen MR) is 78.5 cm³/mol. The van der Waals surface area contributed by atoms with Crippen molar-refractivity contribution in [1.29, 1.82) is 0 Å². The summed E-state index contributed by atoms with van der Waals surface area (Å²) in [5.74, 6) is 2.43. The molecule has 2 N–H and O–H groups in total. The normalized spacial score (nSPS) is 10.6. The molecule has 0 saturated carbocycles. The maximum absolute atomic E-state index is 12.6. The van der Waals surface area contributed by atoms with Gasteiger partial charge in [0, 0.05) is 16.9 Å². The van der Waals surface area contributed by atoms with Gasteiger partial charge in [-0.15, -0.1) is 6.42 Å². The van der Waals surface area contributed by atoms with Crippen LogP contribution in [-0.4, -0.2) is 6.03 Å². The molecule has 0 radical (unpaired) electrons. The summed E-state index contributed by atoms with van der Waals surface area (Å²) in [6, 6.07) is 10.2. The van der Waals surface area contributed by atoms with Crippen LogP contribution in [0.25, 0.3) is 0 Å². The van der Waals surface area contributed by atoms with Crippen molar-refractivity contribution in [2.24, 2.45) is 0 Å². The smallest absolute Gasteiger partial charge is 0.308 e. The zero-order valence-corrected chi connectivity index (χ0v) is 11.2. The standard InChI is InChI=1S/C16H11F3N2O/c1-2-11-6-8-13(9-7-11)20-15(22)21-14-5-3-4-12(10-14)16(17,18)19/h1,3-10H,(H2,20,21,22). The van der Waals surface area contributed by atoms with Crippen LogP contribution in [-0.2, 0) is 6.18 Å². The third-order valence-electron chi connectivity index (χ3n) is 2.76. The molecule has 2 aromatic rings. The van der Waals surface area contributed by atoms with Crippen LogP contribution in [0.15, 0.2) is 48.5 Å². The fourth-order valence-electron chi connectivity index (χ4n) is 1.72. The second-order valence-electron chi connectivity index (χ2n) is 4.38. The average Bonchev–Trinajstić information content (AvgIpc) is 2.47. The van der Waals surface area contributed by atoms with E-state index in [4.69, 9.17) is 6.42 Å². The van der Waals surface area contributed by atoms with Gasteiger partial charge in [-0.05, 0) is 42.5 Å². The summed E-state index contributed by atoms with van der Waals surface area (Å²) < 4.78 is 37.7. The van der Waals surface area contributed by atoms with Crippen molar-refractivity contribution in [2.45, 2.75) is 6.18 Å². The Morgan fingerprint density at radius 2 is 1.64 bits per heavy atom. The maximum atomic E-state index is 12.6. The summed E-state index contributed by atoms with van der Waals surface area (Å²) in [6.45, 7) is 0. The van der Waals surface area contributed by atoms with Crippen molar-refractivity contribution < 1.29 is 18.0 Å². The van der Waals surface area contributed by atoms with E-state index in [0.717, 1.165) is 12.1 Å². The van der Waals surface area contributed by atoms with Crippen molar-refractivity contribution >= 4 is 17.4 Å². The van der Waals surface area contributed by atoms with Gasteiger partial charge >= 0.3 is 12.2 Å². The lowest BCUT2D eigenvalue weighted by molar-refractivity contribution is -0.137. The molecule has 0 unspecified atom stereocenters. The first-order valence-electron chi connectivity index (χ1n) is 6.20. The zero-order valence-electron chi connectivity index (χ0n) is 11.2. The number of hydrogen-bond acceptors (Lipinski definition) is 1. The topological polar surface area (TPSA) is 41.1 Å². The van der Waals surface area contributed by atoms with E-state index in [9.17, 15) is 18.0 Å². The Labute approximate surface area is 125 Å². The average molecular weight is 304 g/mol. The summed E-state index contributed by atoms with van der Waals surface area (Å²) in [5, 5.41) is 4.84. The molecule has 0 saturated heterocycles. The SMILES string of the molecule is C#Cc1ccc(NC(=O)Nc2cccc(C(F)(F)F)c2)cc1. The van der Waals surface area contributed by atoms with E-state index in [2.05, 4.69) is 16.6 Å². The summed E-state index contributed by atoms with van der Waals surface area (Å²) >= 11 is 0. The van der Waals surface area contributed by atoms with Crippen LogP contribution in [0.1, 0.15) is 11.1 Å². The van der Waals surface area contributed by atoms with Crippen LogP contribution in [0.4, 0.5) is 29.3 Å². The molecule has 0 aliphatic rings. The quantitative estimate of drug-likeness (QED) is 0.797. The lowest BCUT2D eigenvalue weighted by Gasteiger charge is -2.10. The summed E-state index contributed by atoms with van der Waals surface area (Å²) in [5.41, 5.74) is 0.351. The second-order valence-corrected chi connectivity index (χ2v) is 4.38. The van der Waals surface area contributed by atoms with E-state index in [-0.39, 0.29) is 5.69 Å². The third kappa shape index (κ3) is 4.03. The number of nitrogens with one attached hydrogen (secondary N) is 2. The number of carbonyl (C=O) groups excluding carboxylic acids is 1. The number of alkyl halides is 3. The van der Waals surface area contributed by atoms with Crippen LogP contribution in [0.5, 0.6) is 0 Å². The minimum atomic E-state index is -4.46. The van der Waals surface area contributed by atoms with Crippen molar-refractivity contribution in [2.75, 3.05) is 10.6 Å². The fraction of sp³-hybridized carbons (Fsp3) is 0.0625. The Morgan fingerprint density at radius 1 is 1.00 bits per heavy atom. The summed E-state index contributed by atoms with van der Waals surface area (Å²) in [7, 11) is 0. The minimum absolute atomic E-state index is 0.0487. The molecule has 0 heterocycles. The highest BCUT2D eigenvalue weighted by molar-refractivity contribution is 5.99. The number of halogens is 3. The van der Waals surface area contributed by atoms with E-state index in [1.165, 1.54) is 12.1 Å². The van der Waals surface area contributed by atoms with Crippen LogP contribution < -0.4 is 10.6 Å². The third-order valence-corrected chi connectivity index (χ3v) is 2.76. The number of hydrogen-bond donors (Lipinski definition) is 2. The largest absolute Gasteiger partial charge is 0.416 e. The molecule has 22 heavy (non-hydrogen) atoms. The first kappa shape index (κ1) is 15.4. The maximum Gasteiger partial charge on any atom is 0.416 e. The highest BCUT2D eigenvalue weighted by Gasteiger charge is 2.30. The molecule has 0 aliphatic heterocycles. The van der Waals surface area contributed by atoms with Gasteiger partial charge in [0.05, 0.1) is 5.56 Å². The molecule has 2 rings (SSSR count). The Morgan fingerprint density at radius 3 is 2.23 bits per heavy atom. The van der Waals surface area contributed by atoms with Gasteiger partial charge in [0.15, 0.2) is 0 Å². The molecule has 2 amide bonds. The summed E-state index contributed by atoms with van der Waals surface area (Å²) in [6.07, 6.45) is 0.752. The molecule has 112 valence electrons. The Bertz CT molecular complexity index is 715.